The Balaban J connectivity index is 2.72. The lowest BCUT2D eigenvalue weighted by molar-refractivity contribution is -0.122. The highest BCUT2D eigenvalue weighted by molar-refractivity contribution is 5.85. The maximum atomic E-state index is 12.2. The second-order valence-electron chi connectivity index (χ2n) is 4.97. The van der Waals surface area contributed by atoms with E-state index in [0.29, 0.717) is 5.56 Å². The molecule has 1 unspecified atom stereocenters. The number of benzene rings is 1. The summed E-state index contributed by atoms with van der Waals surface area (Å²) in [5.41, 5.74) is 1.55. The summed E-state index contributed by atoms with van der Waals surface area (Å²) < 4.78 is 0. The first-order chi connectivity index (χ1) is 9.53. The van der Waals surface area contributed by atoms with Gasteiger partial charge in [0.2, 0.25) is 5.91 Å². The summed E-state index contributed by atoms with van der Waals surface area (Å²) in [7, 11) is 1.89. The van der Waals surface area contributed by atoms with Crippen LogP contribution in [-0.2, 0) is 4.79 Å². The van der Waals surface area contributed by atoms with Crippen LogP contribution in [-0.4, -0.2) is 25.0 Å². The molecule has 108 valence electrons. The molecule has 0 aliphatic heterocycles. The van der Waals surface area contributed by atoms with Gasteiger partial charge in [0.1, 0.15) is 6.04 Å². The molecule has 0 aliphatic carbocycles. The fourth-order valence-electron chi connectivity index (χ4n) is 1.99. The zero-order valence-electron chi connectivity index (χ0n) is 12.7. The minimum atomic E-state index is -0.247. The highest BCUT2D eigenvalue weighted by atomic mass is 16.2. The monoisotopic (exact) mass is 273 g/mol. The van der Waals surface area contributed by atoms with Gasteiger partial charge in [-0.3, -0.25) is 4.79 Å². The van der Waals surface area contributed by atoms with E-state index in [-0.39, 0.29) is 18.0 Å². The van der Waals surface area contributed by atoms with Crippen LogP contribution in [0.1, 0.15) is 39.2 Å². The molecule has 0 aromatic heterocycles. The zero-order chi connectivity index (χ0) is 15.1. The molecule has 0 fully saturated rings. The Labute approximate surface area is 121 Å². The molecule has 1 aromatic rings. The predicted molar refractivity (Wildman–Crippen MR) is 81.5 cm³/mol. The van der Waals surface area contributed by atoms with Crippen LogP contribution in [0.3, 0.4) is 0 Å². The molecule has 0 aliphatic rings. The second kappa shape index (κ2) is 7.54. The Morgan fingerprint density at radius 1 is 1.30 bits per heavy atom. The Bertz CT molecular complexity index is 471. The van der Waals surface area contributed by atoms with Gasteiger partial charge in [-0.05, 0) is 44.0 Å². The van der Waals surface area contributed by atoms with Crippen molar-refractivity contribution in [2.24, 2.45) is 0 Å². The summed E-state index contributed by atoms with van der Waals surface area (Å²) in [5, 5.41) is 11.8. The van der Waals surface area contributed by atoms with Crippen molar-refractivity contribution in [2.75, 3.05) is 11.9 Å². The van der Waals surface area contributed by atoms with Gasteiger partial charge >= 0.3 is 0 Å². The van der Waals surface area contributed by atoms with Gasteiger partial charge in [0.15, 0.2) is 0 Å². The zero-order valence-corrected chi connectivity index (χ0v) is 12.7. The third-order valence-corrected chi connectivity index (χ3v) is 3.70. The number of nitrogens with zero attached hydrogens (tertiary/aromatic N) is 2. The molecule has 1 atom stereocenters. The number of likely N-dealkylation sites (N-methyl/N-ethyl adjacent to an activating group) is 1. The molecule has 0 radical (unpaired) electrons. The number of rotatable bonds is 6. The molecule has 4 heteroatoms. The highest BCUT2D eigenvalue weighted by Gasteiger charge is 2.20. The van der Waals surface area contributed by atoms with E-state index in [2.05, 4.69) is 25.2 Å². The molecule has 1 N–H and O–H groups in total. The number of nitriles is 1. The first-order valence-electron chi connectivity index (χ1n) is 7.06. The number of anilines is 1. The summed E-state index contributed by atoms with van der Waals surface area (Å²) in [6, 6.07) is 9.32. The molecular weight excluding hydrogens is 250 g/mol. The molecule has 20 heavy (non-hydrogen) atoms. The van der Waals surface area contributed by atoms with Crippen molar-refractivity contribution in [1.82, 2.24) is 5.32 Å². The average Bonchev–Trinajstić information content (AvgIpc) is 2.50. The molecule has 0 spiro atoms. The molecule has 0 saturated heterocycles. The average molecular weight is 273 g/mol. The van der Waals surface area contributed by atoms with E-state index < -0.39 is 0 Å². The lowest BCUT2D eigenvalue weighted by Gasteiger charge is -2.27. The SMILES string of the molecule is CCC(CC)NC(=O)C(C)N(C)c1ccc(C#N)cc1. The lowest BCUT2D eigenvalue weighted by atomic mass is 10.1. The lowest BCUT2D eigenvalue weighted by Crippen LogP contribution is -2.46. The van der Waals surface area contributed by atoms with Gasteiger partial charge in [-0.2, -0.15) is 5.26 Å². The van der Waals surface area contributed by atoms with Crippen molar-refractivity contribution in [1.29, 1.82) is 5.26 Å². The molecule has 1 rings (SSSR count). The van der Waals surface area contributed by atoms with Crippen LogP contribution >= 0.6 is 0 Å². The predicted octanol–water partition coefficient (Wildman–Crippen LogP) is 2.69. The largest absolute Gasteiger partial charge is 0.363 e. The summed E-state index contributed by atoms with van der Waals surface area (Å²) in [6.07, 6.45) is 1.88. The van der Waals surface area contributed by atoms with Gasteiger partial charge in [-0.25, -0.2) is 0 Å². The number of hydrogen-bond acceptors (Lipinski definition) is 3. The minimum absolute atomic E-state index is 0.0329. The van der Waals surface area contributed by atoms with Crippen LogP contribution in [0.15, 0.2) is 24.3 Å². The number of nitrogens with one attached hydrogen (secondary N) is 1. The number of amides is 1. The van der Waals surface area contributed by atoms with Gasteiger partial charge in [0.05, 0.1) is 11.6 Å². The fraction of sp³-hybridized carbons (Fsp3) is 0.500. The summed E-state index contributed by atoms with van der Waals surface area (Å²) >= 11 is 0. The van der Waals surface area contributed by atoms with Crippen LogP contribution in [0.2, 0.25) is 0 Å². The quantitative estimate of drug-likeness (QED) is 0.867. The van der Waals surface area contributed by atoms with E-state index in [9.17, 15) is 4.79 Å². The topological polar surface area (TPSA) is 56.1 Å². The first kappa shape index (κ1) is 16.0. The highest BCUT2D eigenvalue weighted by Crippen LogP contribution is 2.16. The van der Waals surface area contributed by atoms with Crippen LogP contribution < -0.4 is 10.2 Å². The number of carbonyl (C=O) groups excluding carboxylic acids is 1. The fourth-order valence-corrected chi connectivity index (χ4v) is 1.99. The smallest absolute Gasteiger partial charge is 0.242 e. The van der Waals surface area contributed by atoms with Crippen molar-refractivity contribution in [3.05, 3.63) is 29.8 Å². The molecule has 1 amide bonds. The van der Waals surface area contributed by atoms with E-state index in [1.54, 1.807) is 12.1 Å². The van der Waals surface area contributed by atoms with Crippen molar-refractivity contribution in [3.8, 4) is 6.07 Å². The van der Waals surface area contributed by atoms with E-state index in [1.807, 2.05) is 31.0 Å². The van der Waals surface area contributed by atoms with Gasteiger partial charge in [0.25, 0.3) is 0 Å². The second-order valence-corrected chi connectivity index (χ2v) is 4.97. The maximum absolute atomic E-state index is 12.2. The van der Waals surface area contributed by atoms with Crippen LogP contribution in [0.25, 0.3) is 0 Å². The summed E-state index contributed by atoms with van der Waals surface area (Å²) in [4.78, 5) is 14.1. The molecule has 0 bridgehead atoms. The van der Waals surface area contributed by atoms with E-state index in [0.717, 1.165) is 18.5 Å². The Morgan fingerprint density at radius 2 is 1.85 bits per heavy atom. The Hall–Kier alpha value is -2.02. The Morgan fingerprint density at radius 3 is 2.30 bits per heavy atom. The van der Waals surface area contributed by atoms with Crippen molar-refractivity contribution in [2.45, 2.75) is 45.7 Å². The first-order valence-corrected chi connectivity index (χ1v) is 7.06. The maximum Gasteiger partial charge on any atom is 0.242 e. The third-order valence-electron chi connectivity index (χ3n) is 3.70. The van der Waals surface area contributed by atoms with E-state index in [1.165, 1.54) is 0 Å². The van der Waals surface area contributed by atoms with Crippen molar-refractivity contribution >= 4 is 11.6 Å². The third kappa shape index (κ3) is 3.99. The number of hydrogen-bond donors (Lipinski definition) is 1. The van der Waals surface area contributed by atoms with E-state index in [4.69, 9.17) is 5.26 Å². The number of carbonyl (C=O) groups is 1. The standard InChI is InChI=1S/C16H23N3O/c1-5-14(6-2)18-16(20)12(3)19(4)15-9-7-13(11-17)8-10-15/h7-10,12,14H,5-6H2,1-4H3,(H,18,20). The molecular formula is C16H23N3O. The van der Waals surface area contributed by atoms with Gasteiger partial charge in [-0.1, -0.05) is 13.8 Å². The minimum Gasteiger partial charge on any atom is -0.363 e. The van der Waals surface area contributed by atoms with E-state index >= 15 is 0 Å². The van der Waals surface area contributed by atoms with Crippen molar-refractivity contribution in [3.63, 3.8) is 0 Å². The summed E-state index contributed by atoms with van der Waals surface area (Å²) in [6.45, 7) is 6.03. The van der Waals surface area contributed by atoms with Gasteiger partial charge < -0.3 is 10.2 Å². The van der Waals surface area contributed by atoms with Crippen molar-refractivity contribution < 1.29 is 4.79 Å². The normalized spacial score (nSPS) is 11.8. The molecule has 0 saturated carbocycles. The van der Waals surface area contributed by atoms with Crippen LogP contribution in [0.5, 0.6) is 0 Å². The summed E-state index contributed by atoms with van der Waals surface area (Å²) in [5.74, 6) is 0.0329. The molecule has 1 aromatic carbocycles. The Kier molecular flexibility index (Phi) is 6.05. The molecule has 4 nitrogen and oxygen atoms in total. The van der Waals surface area contributed by atoms with Gasteiger partial charge in [-0.15, -0.1) is 0 Å². The van der Waals surface area contributed by atoms with Crippen LogP contribution in [0.4, 0.5) is 5.69 Å². The molecule has 0 heterocycles. The van der Waals surface area contributed by atoms with Gasteiger partial charge in [0, 0.05) is 18.8 Å². The van der Waals surface area contributed by atoms with Crippen LogP contribution in [0, 0.1) is 11.3 Å².